The standard InChI is InChI=1S/C9H8BrClFNO2/c10-4-1-2-5(11)8(9(4)12)6(13)3-7(14)15/h1-2,6H,3,13H2,(H,14,15). The van der Waals surface area contributed by atoms with Crippen LogP contribution in [0.4, 0.5) is 4.39 Å². The molecule has 0 saturated carbocycles. The summed E-state index contributed by atoms with van der Waals surface area (Å²) in [5.41, 5.74) is 5.56. The van der Waals surface area contributed by atoms with Crippen LogP contribution in [0, 0.1) is 5.82 Å². The number of carbonyl (C=O) groups is 1. The van der Waals surface area contributed by atoms with Crippen LogP contribution in [0.25, 0.3) is 0 Å². The maximum absolute atomic E-state index is 13.6. The number of benzene rings is 1. The minimum absolute atomic E-state index is 0.0217. The Morgan fingerprint density at radius 1 is 1.67 bits per heavy atom. The van der Waals surface area contributed by atoms with Crippen molar-refractivity contribution in [2.24, 2.45) is 5.73 Å². The van der Waals surface area contributed by atoms with Gasteiger partial charge in [0, 0.05) is 16.6 Å². The second kappa shape index (κ2) is 4.92. The van der Waals surface area contributed by atoms with Crippen molar-refractivity contribution in [1.82, 2.24) is 0 Å². The van der Waals surface area contributed by atoms with Gasteiger partial charge in [-0.05, 0) is 28.1 Å². The highest BCUT2D eigenvalue weighted by Crippen LogP contribution is 2.30. The molecule has 1 rings (SSSR count). The SMILES string of the molecule is NC(CC(=O)O)c1c(Cl)ccc(Br)c1F. The van der Waals surface area contributed by atoms with Crippen molar-refractivity contribution < 1.29 is 14.3 Å². The van der Waals surface area contributed by atoms with E-state index in [9.17, 15) is 9.18 Å². The number of rotatable bonds is 3. The van der Waals surface area contributed by atoms with Crippen LogP contribution < -0.4 is 5.73 Å². The average Bonchev–Trinajstić information content (AvgIpc) is 2.11. The van der Waals surface area contributed by atoms with Gasteiger partial charge < -0.3 is 10.8 Å². The van der Waals surface area contributed by atoms with Gasteiger partial charge in [-0.25, -0.2) is 4.39 Å². The lowest BCUT2D eigenvalue weighted by molar-refractivity contribution is -0.137. The molecule has 1 aromatic carbocycles. The van der Waals surface area contributed by atoms with E-state index >= 15 is 0 Å². The lowest BCUT2D eigenvalue weighted by Crippen LogP contribution is -2.17. The molecule has 0 amide bonds. The fourth-order valence-corrected chi connectivity index (χ4v) is 1.80. The zero-order valence-corrected chi connectivity index (χ0v) is 9.85. The van der Waals surface area contributed by atoms with Crippen LogP contribution in [0.1, 0.15) is 18.0 Å². The Labute approximate surface area is 99.2 Å². The van der Waals surface area contributed by atoms with E-state index in [1.165, 1.54) is 12.1 Å². The predicted molar refractivity (Wildman–Crippen MR) is 58.3 cm³/mol. The van der Waals surface area contributed by atoms with Gasteiger partial charge in [-0.1, -0.05) is 11.6 Å². The first-order chi connectivity index (χ1) is 6.93. The summed E-state index contributed by atoms with van der Waals surface area (Å²) in [5.74, 6) is -1.71. The van der Waals surface area contributed by atoms with Crippen molar-refractivity contribution in [2.45, 2.75) is 12.5 Å². The predicted octanol–water partition coefficient (Wildman–Crippen LogP) is 2.72. The topological polar surface area (TPSA) is 63.3 Å². The molecule has 0 aliphatic carbocycles. The molecule has 0 bridgehead atoms. The number of hydrogen-bond acceptors (Lipinski definition) is 2. The highest BCUT2D eigenvalue weighted by molar-refractivity contribution is 9.10. The molecule has 6 heteroatoms. The number of nitrogens with two attached hydrogens (primary N) is 1. The monoisotopic (exact) mass is 295 g/mol. The van der Waals surface area contributed by atoms with Crippen LogP contribution in [-0.4, -0.2) is 11.1 Å². The normalized spacial score (nSPS) is 12.5. The van der Waals surface area contributed by atoms with Gasteiger partial charge >= 0.3 is 5.97 Å². The maximum Gasteiger partial charge on any atom is 0.305 e. The number of halogens is 3. The highest BCUT2D eigenvalue weighted by atomic mass is 79.9. The average molecular weight is 297 g/mol. The van der Waals surface area contributed by atoms with Gasteiger partial charge in [0.05, 0.1) is 10.9 Å². The third-order valence-corrected chi connectivity index (χ3v) is 2.79. The molecule has 0 fully saturated rings. The molecule has 0 spiro atoms. The first kappa shape index (κ1) is 12.4. The van der Waals surface area contributed by atoms with Crippen LogP contribution >= 0.6 is 27.5 Å². The van der Waals surface area contributed by atoms with E-state index in [1.54, 1.807) is 0 Å². The molecule has 0 aliphatic heterocycles. The highest BCUT2D eigenvalue weighted by Gasteiger charge is 2.19. The molecule has 82 valence electrons. The third-order valence-electron chi connectivity index (χ3n) is 1.84. The minimum atomic E-state index is -1.10. The van der Waals surface area contributed by atoms with Crippen LogP contribution in [0.5, 0.6) is 0 Å². The molecular weight excluding hydrogens is 288 g/mol. The Hall–Kier alpha value is -0.650. The van der Waals surface area contributed by atoms with Crippen LogP contribution in [0.2, 0.25) is 5.02 Å². The Morgan fingerprint density at radius 3 is 2.80 bits per heavy atom. The van der Waals surface area contributed by atoms with E-state index in [0.717, 1.165) is 0 Å². The molecule has 0 aromatic heterocycles. The van der Waals surface area contributed by atoms with Gasteiger partial charge in [0.15, 0.2) is 0 Å². The molecule has 0 radical (unpaired) electrons. The Balaban J connectivity index is 3.12. The van der Waals surface area contributed by atoms with Gasteiger partial charge in [0.1, 0.15) is 5.82 Å². The number of carboxylic acid groups (broad SMARTS) is 1. The van der Waals surface area contributed by atoms with Crippen LogP contribution in [0.15, 0.2) is 16.6 Å². The van der Waals surface area contributed by atoms with Crippen LogP contribution in [0.3, 0.4) is 0 Å². The Bertz CT molecular complexity index is 400. The molecule has 3 N–H and O–H groups in total. The summed E-state index contributed by atoms with van der Waals surface area (Å²) in [7, 11) is 0. The van der Waals surface area contributed by atoms with Crippen molar-refractivity contribution in [1.29, 1.82) is 0 Å². The summed E-state index contributed by atoms with van der Waals surface area (Å²) >= 11 is 8.72. The molecule has 0 saturated heterocycles. The third kappa shape index (κ3) is 2.90. The van der Waals surface area contributed by atoms with Gasteiger partial charge in [-0.2, -0.15) is 0 Å². The summed E-state index contributed by atoms with van der Waals surface area (Å²) in [4.78, 5) is 10.4. The summed E-state index contributed by atoms with van der Waals surface area (Å²) < 4.78 is 13.8. The van der Waals surface area contributed by atoms with Crippen molar-refractivity contribution in [2.75, 3.05) is 0 Å². The second-order valence-corrected chi connectivity index (χ2v) is 4.22. The Kier molecular flexibility index (Phi) is 4.07. The first-order valence-corrected chi connectivity index (χ1v) is 5.21. The summed E-state index contributed by atoms with van der Waals surface area (Å²) in [6.45, 7) is 0. The van der Waals surface area contributed by atoms with E-state index in [4.69, 9.17) is 22.4 Å². The van der Waals surface area contributed by atoms with Crippen molar-refractivity contribution in [3.8, 4) is 0 Å². The fourth-order valence-electron chi connectivity index (χ4n) is 1.17. The largest absolute Gasteiger partial charge is 0.481 e. The maximum atomic E-state index is 13.6. The molecule has 0 heterocycles. The van der Waals surface area contributed by atoms with Crippen LogP contribution in [-0.2, 0) is 4.79 Å². The van der Waals surface area contributed by atoms with Gasteiger partial charge in [0.2, 0.25) is 0 Å². The second-order valence-electron chi connectivity index (χ2n) is 2.96. The summed E-state index contributed by atoms with van der Waals surface area (Å²) in [6.07, 6.45) is -0.368. The van der Waals surface area contributed by atoms with Gasteiger partial charge in [-0.15, -0.1) is 0 Å². The number of hydrogen-bond donors (Lipinski definition) is 2. The van der Waals surface area contributed by atoms with Gasteiger partial charge in [-0.3, -0.25) is 4.79 Å². The zero-order valence-electron chi connectivity index (χ0n) is 7.51. The van der Waals surface area contributed by atoms with Gasteiger partial charge in [0.25, 0.3) is 0 Å². The quantitative estimate of drug-likeness (QED) is 0.843. The molecule has 3 nitrogen and oxygen atoms in total. The molecule has 15 heavy (non-hydrogen) atoms. The Morgan fingerprint density at radius 2 is 2.27 bits per heavy atom. The first-order valence-electron chi connectivity index (χ1n) is 4.04. The molecular formula is C9H8BrClFNO2. The molecule has 1 unspecified atom stereocenters. The van der Waals surface area contributed by atoms with E-state index in [1.807, 2.05) is 0 Å². The zero-order chi connectivity index (χ0) is 11.6. The lowest BCUT2D eigenvalue weighted by atomic mass is 10.0. The van der Waals surface area contributed by atoms with Crippen molar-refractivity contribution >= 4 is 33.5 Å². The summed E-state index contributed by atoms with van der Waals surface area (Å²) in [6, 6.07) is 1.95. The van der Waals surface area contributed by atoms with E-state index in [-0.39, 0.29) is 21.5 Å². The van der Waals surface area contributed by atoms with E-state index < -0.39 is 17.8 Å². The lowest BCUT2D eigenvalue weighted by Gasteiger charge is -2.13. The van der Waals surface area contributed by atoms with Crippen molar-refractivity contribution in [3.63, 3.8) is 0 Å². The fraction of sp³-hybridized carbons (Fsp3) is 0.222. The number of aliphatic carboxylic acids is 1. The minimum Gasteiger partial charge on any atom is -0.481 e. The van der Waals surface area contributed by atoms with E-state index in [2.05, 4.69) is 15.9 Å². The molecule has 0 aliphatic rings. The summed E-state index contributed by atoms with van der Waals surface area (Å²) in [5, 5.41) is 8.67. The van der Waals surface area contributed by atoms with E-state index in [0.29, 0.717) is 0 Å². The smallest absolute Gasteiger partial charge is 0.305 e. The molecule has 1 aromatic rings. The van der Waals surface area contributed by atoms with Crippen molar-refractivity contribution in [3.05, 3.63) is 33.0 Å². The molecule has 1 atom stereocenters. The number of carboxylic acids is 1.